The first-order chi connectivity index (χ1) is 6.68. The third kappa shape index (κ3) is 3.94. The normalized spacial score (nSPS) is 15.5. The number of aliphatic hydroxyl groups excluding tert-OH is 1. The van der Waals surface area contributed by atoms with Crippen molar-refractivity contribution in [3.63, 3.8) is 0 Å². The van der Waals surface area contributed by atoms with E-state index in [0.29, 0.717) is 6.54 Å². The van der Waals surface area contributed by atoms with E-state index < -0.39 is 0 Å². The molecule has 0 aromatic carbocycles. The maximum absolute atomic E-state index is 10.6. The number of hydrogen-bond acceptors (Lipinski definition) is 2. The Hall–Kier alpha value is -1.51. The van der Waals surface area contributed by atoms with Crippen molar-refractivity contribution in [3.8, 4) is 0 Å². The summed E-state index contributed by atoms with van der Waals surface area (Å²) in [7, 11) is 0. The molecule has 2 N–H and O–H groups in total. The fourth-order valence-corrected chi connectivity index (χ4v) is 1.24. The summed E-state index contributed by atoms with van der Waals surface area (Å²) in [5.74, 6) is 0.271. The minimum absolute atomic E-state index is 0.00634. The van der Waals surface area contributed by atoms with Crippen molar-refractivity contribution >= 4 is 5.91 Å². The van der Waals surface area contributed by atoms with Crippen molar-refractivity contribution in [1.82, 2.24) is 5.32 Å². The van der Waals surface area contributed by atoms with Crippen LogP contribution in [0.15, 0.2) is 35.6 Å². The molecule has 0 unspecified atom stereocenters. The first-order valence-electron chi connectivity index (χ1n) is 4.68. The van der Waals surface area contributed by atoms with Crippen LogP contribution in [0, 0.1) is 0 Å². The molecule has 0 spiro atoms. The zero-order valence-corrected chi connectivity index (χ0v) is 8.29. The zero-order valence-electron chi connectivity index (χ0n) is 8.29. The Labute approximate surface area is 83.8 Å². The van der Waals surface area contributed by atoms with Crippen LogP contribution in [0.4, 0.5) is 0 Å². The van der Waals surface area contributed by atoms with Gasteiger partial charge in [0.15, 0.2) is 0 Å². The summed E-state index contributed by atoms with van der Waals surface area (Å²) < 4.78 is 0. The Morgan fingerprint density at radius 2 is 2.36 bits per heavy atom. The molecule has 0 heterocycles. The molecule has 0 bridgehead atoms. The van der Waals surface area contributed by atoms with Crippen LogP contribution in [0.3, 0.4) is 0 Å². The van der Waals surface area contributed by atoms with Gasteiger partial charge in [0.05, 0.1) is 0 Å². The van der Waals surface area contributed by atoms with E-state index >= 15 is 0 Å². The zero-order chi connectivity index (χ0) is 10.4. The Morgan fingerprint density at radius 3 is 3.07 bits per heavy atom. The lowest BCUT2D eigenvalue weighted by Crippen LogP contribution is -2.21. The number of aliphatic hydroxyl groups is 1. The number of rotatable bonds is 3. The lowest BCUT2D eigenvalue weighted by atomic mass is 10.1. The van der Waals surface area contributed by atoms with Gasteiger partial charge in [-0.2, -0.15) is 0 Å². The van der Waals surface area contributed by atoms with Gasteiger partial charge in [-0.3, -0.25) is 4.79 Å². The molecule has 0 aliphatic heterocycles. The van der Waals surface area contributed by atoms with Crippen molar-refractivity contribution in [3.05, 3.63) is 35.6 Å². The number of carbonyl (C=O) groups excluding carboxylic acids is 1. The summed E-state index contributed by atoms with van der Waals surface area (Å²) in [5, 5.41) is 11.9. The summed E-state index contributed by atoms with van der Waals surface area (Å²) in [6.45, 7) is 2.16. The quantitative estimate of drug-likeness (QED) is 0.718. The first-order valence-corrected chi connectivity index (χ1v) is 4.68. The maximum atomic E-state index is 10.6. The average molecular weight is 193 g/mol. The molecule has 0 aromatic rings. The Morgan fingerprint density at radius 1 is 1.57 bits per heavy atom. The monoisotopic (exact) mass is 193 g/mol. The second-order valence-corrected chi connectivity index (χ2v) is 3.26. The fraction of sp³-hybridized carbons (Fsp3) is 0.364. The molecule has 1 aliphatic carbocycles. The Bertz CT molecular complexity index is 300. The minimum atomic E-state index is -0.00634. The van der Waals surface area contributed by atoms with Crippen molar-refractivity contribution in [2.75, 3.05) is 6.54 Å². The molecule has 14 heavy (non-hydrogen) atoms. The SMILES string of the molecule is CC(=O)NCCC1=CC=C(O)C=CC1. The van der Waals surface area contributed by atoms with Gasteiger partial charge in [-0.05, 0) is 25.0 Å². The second kappa shape index (κ2) is 5.27. The maximum Gasteiger partial charge on any atom is 0.216 e. The van der Waals surface area contributed by atoms with E-state index in [1.54, 1.807) is 12.2 Å². The molecule has 0 saturated heterocycles. The van der Waals surface area contributed by atoms with Gasteiger partial charge in [-0.1, -0.05) is 17.7 Å². The molecular formula is C11H15NO2. The van der Waals surface area contributed by atoms with E-state index in [-0.39, 0.29) is 11.7 Å². The van der Waals surface area contributed by atoms with Crippen molar-refractivity contribution in [2.24, 2.45) is 0 Å². The van der Waals surface area contributed by atoms with Crippen LogP contribution >= 0.6 is 0 Å². The van der Waals surface area contributed by atoms with Crippen LogP contribution in [0.2, 0.25) is 0 Å². The fourth-order valence-electron chi connectivity index (χ4n) is 1.24. The highest BCUT2D eigenvalue weighted by Gasteiger charge is 1.99. The average Bonchev–Trinajstić information content (AvgIpc) is 2.30. The van der Waals surface area contributed by atoms with E-state index in [1.165, 1.54) is 12.5 Å². The third-order valence-corrected chi connectivity index (χ3v) is 1.98. The molecule has 76 valence electrons. The van der Waals surface area contributed by atoms with Gasteiger partial charge in [0.2, 0.25) is 5.91 Å². The Kier molecular flexibility index (Phi) is 3.98. The summed E-state index contributed by atoms with van der Waals surface area (Å²) in [4.78, 5) is 10.6. The van der Waals surface area contributed by atoms with Crippen LogP contribution in [0.1, 0.15) is 19.8 Å². The smallest absolute Gasteiger partial charge is 0.216 e. The lowest BCUT2D eigenvalue weighted by molar-refractivity contribution is -0.118. The summed E-state index contributed by atoms with van der Waals surface area (Å²) >= 11 is 0. The second-order valence-electron chi connectivity index (χ2n) is 3.26. The summed E-state index contributed by atoms with van der Waals surface area (Å²) in [5.41, 5.74) is 1.21. The number of hydrogen-bond donors (Lipinski definition) is 2. The molecule has 1 rings (SSSR count). The minimum Gasteiger partial charge on any atom is -0.508 e. The van der Waals surface area contributed by atoms with Gasteiger partial charge >= 0.3 is 0 Å². The van der Waals surface area contributed by atoms with Gasteiger partial charge in [-0.25, -0.2) is 0 Å². The van der Waals surface area contributed by atoms with Crippen LogP contribution < -0.4 is 5.32 Å². The number of carbonyl (C=O) groups is 1. The highest BCUT2D eigenvalue weighted by molar-refractivity contribution is 5.72. The Balaban J connectivity index is 2.38. The molecule has 1 amide bonds. The van der Waals surface area contributed by atoms with Gasteiger partial charge in [0, 0.05) is 13.5 Å². The van der Waals surface area contributed by atoms with Crippen LogP contribution in [-0.2, 0) is 4.79 Å². The molecule has 0 radical (unpaired) electrons. The van der Waals surface area contributed by atoms with E-state index in [0.717, 1.165) is 12.8 Å². The summed E-state index contributed by atoms with van der Waals surface area (Å²) in [6.07, 6.45) is 8.83. The van der Waals surface area contributed by atoms with E-state index in [4.69, 9.17) is 0 Å². The van der Waals surface area contributed by atoms with Crippen molar-refractivity contribution in [1.29, 1.82) is 0 Å². The molecule has 3 heteroatoms. The molecular weight excluding hydrogens is 178 g/mol. The number of allylic oxidation sites excluding steroid dienone is 4. The standard InChI is InChI=1S/C11H15NO2/c1-9(13)12-8-7-10-3-2-4-11(14)6-5-10/h2,4-6,14H,3,7-8H2,1H3,(H,12,13). The number of nitrogens with one attached hydrogen (secondary N) is 1. The molecule has 3 nitrogen and oxygen atoms in total. The number of amides is 1. The highest BCUT2D eigenvalue weighted by Crippen LogP contribution is 2.12. The van der Waals surface area contributed by atoms with Gasteiger partial charge in [0.25, 0.3) is 0 Å². The molecule has 0 fully saturated rings. The highest BCUT2D eigenvalue weighted by atomic mass is 16.3. The van der Waals surface area contributed by atoms with E-state index in [1.807, 2.05) is 12.2 Å². The van der Waals surface area contributed by atoms with Gasteiger partial charge in [0.1, 0.15) is 5.76 Å². The molecule has 0 aromatic heterocycles. The van der Waals surface area contributed by atoms with Crippen molar-refractivity contribution in [2.45, 2.75) is 19.8 Å². The largest absolute Gasteiger partial charge is 0.508 e. The van der Waals surface area contributed by atoms with Gasteiger partial charge < -0.3 is 10.4 Å². The predicted molar refractivity (Wildman–Crippen MR) is 55.9 cm³/mol. The molecule has 1 aliphatic rings. The lowest BCUT2D eigenvalue weighted by Gasteiger charge is -2.03. The van der Waals surface area contributed by atoms with Crippen LogP contribution in [-0.4, -0.2) is 17.6 Å². The van der Waals surface area contributed by atoms with Crippen LogP contribution in [0.5, 0.6) is 0 Å². The van der Waals surface area contributed by atoms with E-state index in [9.17, 15) is 9.90 Å². The topological polar surface area (TPSA) is 49.3 Å². The van der Waals surface area contributed by atoms with E-state index in [2.05, 4.69) is 5.32 Å². The third-order valence-electron chi connectivity index (χ3n) is 1.98. The molecule has 0 saturated carbocycles. The van der Waals surface area contributed by atoms with Crippen LogP contribution in [0.25, 0.3) is 0 Å². The summed E-state index contributed by atoms with van der Waals surface area (Å²) in [6, 6.07) is 0. The first kappa shape index (κ1) is 10.6. The predicted octanol–water partition coefficient (Wildman–Crippen LogP) is 1.84. The van der Waals surface area contributed by atoms with Crippen molar-refractivity contribution < 1.29 is 9.90 Å². The molecule has 0 atom stereocenters. The van der Waals surface area contributed by atoms with Gasteiger partial charge in [-0.15, -0.1) is 0 Å².